The van der Waals surface area contributed by atoms with Gasteiger partial charge >= 0.3 is 5.97 Å². The Morgan fingerprint density at radius 3 is 2.45 bits per heavy atom. The second-order valence-corrected chi connectivity index (χ2v) is 11.4. The normalized spacial score (nSPS) is 52.9. The zero-order chi connectivity index (χ0) is 21.1. The Labute approximate surface area is 174 Å². The van der Waals surface area contributed by atoms with Crippen LogP contribution in [0, 0.1) is 46.3 Å². The van der Waals surface area contributed by atoms with Gasteiger partial charge in [0.15, 0.2) is 0 Å². The van der Waals surface area contributed by atoms with Crippen molar-refractivity contribution in [3.63, 3.8) is 0 Å². The maximum absolute atomic E-state index is 11.5. The average molecular weight is 409 g/mol. The summed E-state index contributed by atoms with van der Waals surface area (Å²) in [5, 5.41) is 42.0. The number of hydrogen-bond acceptors (Lipinski definition) is 4. The van der Waals surface area contributed by atoms with E-state index in [0.29, 0.717) is 30.1 Å². The number of rotatable bonds is 4. The number of carboxylic acid groups (broad SMARTS) is 1. The molecule has 0 spiro atoms. The molecule has 8 unspecified atom stereocenters. The Bertz CT molecular complexity index is 637. The van der Waals surface area contributed by atoms with Crippen molar-refractivity contribution in [2.45, 2.75) is 96.9 Å². The third-order valence-electron chi connectivity index (χ3n) is 10.3. The highest BCUT2D eigenvalue weighted by atomic mass is 16.4. The highest BCUT2D eigenvalue weighted by Crippen LogP contribution is 2.68. The lowest BCUT2D eigenvalue weighted by Gasteiger charge is -2.63. The molecule has 0 amide bonds. The zero-order valence-corrected chi connectivity index (χ0v) is 18.3. The molecule has 4 N–H and O–H groups in total. The molecule has 4 fully saturated rings. The van der Waals surface area contributed by atoms with Crippen molar-refractivity contribution in [1.82, 2.24) is 0 Å². The Morgan fingerprint density at radius 2 is 1.76 bits per heavy atom. The first-order valence-corrected chi connectivity index (χ1v) is 11.8. The summed E-state index contributed by atoms with van der Waals surface area (Å²) in [4.78, 5) is 11.1. The molecule has 11 atom stereocenters. The van der Waals surface area contributed by atoms with Gasteiger partial charge < -0.3 is 20.4 Å². The van der Waals surface area contributed by atoms with Gasteiger partial charge in [-0.1, -0.05) is 20.8 Å². The molecule has 0 heterocycles. The van der Waals surface area contributed by atoms with Crippen LogP contribution in [0.25, 0.3) is 0 Å². The first-order chi connectivity index (χ1) is 13.6. The quantitative estimate of drug-likeness (QED) is 0.571. The number of aliphatic carboxylic acids is 1. The molecule has 0 aromatic carbocycles. The van der Waals surface area contributed by atoms with Gasteiger partial charge in [-0.2, -0.15) is 0 Å². The van der Waals surface area contributed by atoms with E-state index >= 15 is 0 Å². The number of aliphatic hydroxyl groups is 3. The molecule has 0 aromatic rings. The van der Waals surface area contributed by atoms with Crippen LogP contribution in [0.3, 0.4) is 0 Å². The fourth-order valence-corrected chi connectivity index (χ4v) is 8.68. The molecule has 166 valence electrons. The van der Waals surface area contributed by atoms with Crippen LogP contribution in [0.1, 0.15) is 78.6 Å². The smallest absolute Gasteiger partial charge is 0.303 e. The van der Waals surface area contributed by atoms with Crippen LogP contribution in [0.5, 0.6) is 0 Å². The maximum Gasteiger partial charge on any atom is 0.303 e. The summed E-state index contributed by atoms with van der Waals surface area (Å²) in [5.74, 6) is 0.997. The molecule has 0 bridgehead atoms. The fraction of sp³-hybridized carbons (Fsp3) is 0.958. The molecule has 0 radical (unpaired) electrons. The number of fused-ring (bicyclic) bond motifs is 5. The van der Waals surface area contributed by atoms with Gasteiger partial charge in [0.1, 0.15) is 0 Å². The van der Waals surface area contributed by atoms with Crippen molar-refractivity contribution in [2.24, 2.45) is 46.3 Å². The number of carboxylic acids is 1. The summed E-state index contributed by atoms with van der Waals surface area (Å²) in [6, 6.07) is 0. The van der Waals surface area contributed by atoms with E-state index in [-0.39, 0.29) is 41.3 Å². The number of hydrogen-bond donors (Lipinski definition) is 4. The largest absolute Gasteiger partial charge is 0.481 e. The van der Waals surface area contributed by atoms with E-state index in [1.165, 1.54) is 0 Å². The van der Waals surface area contributed by atoms with Crippen LogP contribution >= 0.6 is 0 Å². The molecule has 4 aliphatic carbocycles. The van der Waals surface area contributed by atoms with Crippen LogP contribution < -0.4 is 0 Å². The van der Waals surface area contributed by atoms with Crippen LogP contribution in [-0.2, 0) is 4.79 Å². The van der Waals surface area contributed by atoms with E-state index in [9.17, 15) is 20.1 Å². The fourth-order valence-electron chi connectivity index (χ4n) is 8.68. The van der Waals surface area contributed by atoms with Crippen molar-refractivity contribution >= 4 is 5.97 Å². The van der Waals surface area contributed by atoms with Gasteiger partial charge in [-0.3, -0.25) is 4.79 Å². The highest BCUT2D eigenvalue weighted by Gasteiger charge is 2.65. The van der Waals surface area contributed by atoms with E-state index < -0.39 is 12.1 Å². The topological polar surface area (TPSA) is 98.0 Å². The highest BCUT2D eigenvalue weighted by molar-refractivity contribution is 5.66. The van der Waals surface area contributed by atoms with Gasteiger partial charge in [0.25, 0.3) is 0 Å². The molecular weight excluding hydrogens is 368 g/mol. The molecule has 0 aliphatic heterocycles. The standard InChI is InChI=1S/C24H40O5/c1-13(4-7-21(28)29)16-5-6-17-22-18(12-20(27)24(16,17)3)23(2)9-8-15(25)10-14(23)11-19(22)26/h13-20,22,25-27H,4-12H2,1-3H3,(H,28,29)/t13?,14-,15?,16?,17?,18?,19?,20?,22?,23+,24+/m0/s1. The summed E-state index contributed by atoms with van der Waals surface area (Å²) < 4.78 is 0. The lowest BCUT2D eigenvalue weighted by molar-refractivity contribution is -0.207. The van der Waals surface area contributed by atoms with E-state index in [1.807, 2.05) is 0 Å². The Morgan fingerprint density at radius 1 is 1.03 bits per heavy atom. The van der Waals surface area contributed by atoms with E-state index in [2.05, 4.69) is 20.8 Å². The van der Waals surface area contributed by atoms with E-state index in [0.717, 1.165) is 44.9 Å². The molecule has 4 rings (SSSR count). The summed E-state index contributed by atoms with van der Waals surface area (Å²) in [6.07, 6.45) is 6.00. The molecule has 0 aromatic heterocycles. The van der Waals surface area contributed by atoms with Gasteiger partial charge in [0.2, 0.25) is 0 Å². The second kappa shape index (κ2) is 7.49. The second-order valence-electron chi connectivity index (χ2n) is 11.4. The van der Waals surface area contributed by atoms with Gasteiger partial charge in [-0.25, -0.2) is 0 Å². The minimum absolute atomic E-state index is 0.0957. The molecule has 29 heavy (non-hydrogen) atoms. The SMILES string of the molecule is CC(CCC(=O)O)C1CCC2C3C(O)C[C@@H]4CC(O)CC[C@@]4(C)C3CC(O)[C@]12C. The zero-order valence-electron chi connectivity index (χ0n) is 18.3. The lowest BCUT2D eigenvalue weighted by atomic mass is 9.43. The monoisotopic (exact) mass is 408 g/mol. The third-order valence-corrected chi connectivity index (χ3v) is 10.3. The van der Waals surface area contributed by atoms with Gasteiger partial charge in [0.05, 0.1) is 18.3 Å². The van der Waals surface area contributed by atoms with Crippen LogP contribution in [0.15, 0.2) is 0 Å². The molecule has 4 saturated carbocycles. The van der Waals surface area contributed by atoms with Crippen molar-refractivity contribution in [2.75, 3.05) is 0 Å². The molecule has 5 nitrogen and oxygen atoms in total. The number of carbonyl (C=O) groups is 1. The molecule has 0 saturated heterocycles. The van der Waals surface area contributed by atoms with Crippen molar-refractivity contribution in [3.8, 4) is 0 Å². The van der Waals surface area contributed by atoms with Crippen LogP contribution in [0.2, 0.25) is 0 Å². The van der Waals surface area contributed by atoms with Crippen LogP contribution in [-0.4, -0.2) is 44.7 Å². The number of aliphatic hydroxyl groups excluding tert-OH is 3. The van der Waals surface area contributed by atoms with E-state index in [1.54, 1.807) is 0 Å². The van der Waals surface area contributed by atoms with Crippen molar-refractivity contribution in [1.29, 1.82) is 0 Å². The lowest BCUT2D eigenvalue weighted by Crippen LogP contribution is -2.62. The third kappa shape index (κ3) is 3.27. The maximum atomic E-state index is 11.5. The van der Waals surface area contributed by atoms with Crippen molar-refractivity contribution < 1.29 is 25.2 Å². The predicted molar refractivity (Wildman–Crippen MR) is 110 cm³/mol. The Hall–Kier alpha value is -0.650. The first-order valence-electron chi connectivity index (χ1n) is 11.8. The van der Waals surface area contributed by atoms with Gasteiger partial charge in [-0.15, -0.1) is 0 Å². The minimum atomic E-state index is -0.748. The molecule has 5 heteroatoms. The van der Waals surface area contributed by atoms with Crippen molar-refractivity contribution in [3.05, 3.63) is 0 Å². The summed E-state index contributed by atoms with van der Waals surface area (Å²) >= 11 is 0. The summed E-state index contributed by atoms with van der Waals surface area (Å²) in [7, 11) is 0. The Kier molecular flexibility index (Phi) is 5.57. The summed E-state index contributed by atoms with van der Waals surface area (Å²) in [6.45, 7) is 6.72. The van der Waals surface area contributed by atoms with Gasteiger partial charge in [-0.05, 0) is 97.7 Å². The minimum Gasteiger partial charge on any atom is -0.481 e. The predicted octanol–water partition coefficient (Wildman–Crippen LogP) is 3.45. The van der Waals surface area contributed by atoms with Gasteiger partial charge in [0, 0.05) is 6.42 Å². The van der Waals surface area contributed by atoms with E-state index in [4.69, 9.17) is 5.11 Å². The average Bonchev–Trinajstić information content (AvgIpc) is 3.01. The Balaban J connectivity index is 1.61. The summed E-state index contributed by atoms with van der Waals surface area (Å²) in [5.41, 5.74) is -0.143. The van der Waals surface area contributed by atoms with Crippen LogP contribution in [0.4, 0.5) is 0 Å². The molecule has 4 aliphatic rings. The molecular formula is C24H40O5. The first kappa shape index (κ1) is 21.6.